The molecule has 0 fully saturated rings. The van der Waals surface area contributed by atoms with Gasteiger partial charge in [0.1, 0.15) is 12.6 Å². The van der Waals surface area contributed by atoms with Gasteiger partial charge in [-0.2, -0.15) is 0 Å². The zero-order valence-corrected chi connectivity index (χ0v) is 34.5. The highest BCUT2D eigenvalue weighted by molar-refractivity contribution is 8.00. The smallest absolute Gasteiger partial charge is 0.469 e. The molecule has 0 rings (SSSR count). The summed E-state index contributed by atoms with van der Waals surface area (Å²) in [5.41, 5.74) is 6.10. The Balaban J connectivity index is 5.00. The molecule has 14 heteroatoms. The Bertz CT molecular complexity index is 1140. The van der Waals surface area contributed by atoms with E-state index < -0.39 is 62.4 Å². The van der Waals surface area contributed by atoms with E-state index >= 15 is 0 Å². The first-order chi connectivity index (χ1) is 25.9. The van der Waals surface area contributed by atoms with Crippen LogP contribution >= 0.6 is 19.6 Å². The number of esters is 2. The van der Waals surface area contributed by atoms with Crippen LogP contribution in [0.3, 0.4) is 0 Å². The van der Waals surface area contributed by atoms with E-state index in [2.05, 4.69) is 30.5 Å². The van der Waals surface area contributed by atoms with E-state index in [0.717, 1.165) is 32.1 Å². The number of carbonyl (C=O) groups is 3. The third-order valence-corrected chi connectivity index (χ3v) is 10.2. The standard InChI is InChI=1S/C40H70NO11PS/c1-3-5-7-9-11-13-15-17-18-20-22-24-28-37(36(42)27-26-29-38(43)44)54-33-35(41)40(46)52-34(32-51-53(47,48)49)31-50-39(45)30-25-23-21-19-16-14-12-10-8-6-4-2/h11,13,17-18,20,22,24,28,34-37,42H,3-10,12,14-16,19,21,23,25-27,29-33,41H2,1-2H3,(H,43,44)(H2,47,48,49)/b13-11-,18-17-,22-20+,28-24+/t34-,35+,36+,37-/m1/s1. The van der Waals surface area contributed by atoms with Crippen LogP contribution in [0.4, 0.5) is 0 Å². The highest BCUT2D eigenvalue weighted by Crippen LogP contribution is 2.36. The molecule has 6 N–H and O–H groups in total. The molecule has 0 unspecified atom stereocenters. The van der Waals surface area contributed by atoms with E-state index in [1.54, 1.807) is 18.2 Å². The number of unbranched alkanes of at least 4 members (excludes halogenated alkanes) is 13. The molecule has 0 aromatic rings. The van der Waals surface area contributed by atoms with E-state index in [4.69, 9.17) is 20.3 Å². The molecule has 0 radical (unpaired) electrons. The Kier molecular flexibility index (Phi) is 33.7. The zero-order valence-electron chi connectivity index (χ0n) is 32.8. The van der Waals surface area contributed by atoms with Gasteiger partial charge in [-0.1, -0.05) is 140 Å². The lowest BCUT2D eigenvalue weighted by molar-refractivity contribution is -0.161. The molecular weight excluding hydrogens is 733 g/mol. The van der Waals surface area contributed by atoms with Crippen molar-refractivity contribution in [3.05, 3.63) is 48.6 Å². The Morgan fingerprint density at radius 2 is 1.37 bits per heavy atom. The molecule has 0 amide bonds. The summed E-state index contributed by atoms with van der Waals surface area (Å²) in [7, 11) is -4.91. The minimum Gasteiger partial charge on any atom is -0.481 e. The number of carboxylic acids is 1. The van der Waals surface area contributed by atoms with Crippen LogP contribution in [0.25, 0.3) is 0 Å². The number of aliphatic hydroxyl groups is 1. The van der Waals surface area contributed by atoms with E-state index in [1.807, 2.05) is 18.2 Å². The number of ether oxygens (including phenoxy) is 2. The van der Waals surface area contributed by atoms with E-state index in [-0.39, 0.29) is 31.4 Å². The molecule has 0 aliphatic rings. The Morgan fingerprint density at radius 3 is 2.00 bits per heavy atom. The number of rotatable bonds is 36. The largest absolute Gasteiger partial charge is 0.481 e. The number of hydrogen-bond donors (Lipinski definition) is 5. The van der Waals surface area contributed by atoms with Crippen LogP contribution < -0.4 is 5.73 Å². The van der Waals surface area contributed by atoms with Crippen molar-refractivity contribution < 1.29 is 52.9 Å². The van der Waals surface area contributed by atoms with Gasteiger partial charge in [0.2, 0.25) is 0 Å². The zero-order chi connectivity index (χ0) is 40.3. The maximum atomic E-state index is 12.9. The summed E-state index contributed by atoms with van der Waals surface area (Å²) in [6, 6.07) is -1.20. The van der Waals surface area contributed by atoms with Crippen molar-refractivity contribution in [1.82, 2.24) is 0 Å². The average Bonchev–Trinajstić information content (AvgIpc) is 3.12. The fourth-order valence-electron chi connectivity index (χ4n) is 5.21. The molecule has 54 heavy (non-hydrogen) atoms. The number of hydrogen-bond acceptors (Lipinski definition) is 10. The number of aliphatic hydroxyl groups excluding tert-OH is 1. The first-order valence-corrected chi connectivity index (χ1v) is 22.5. The molecule has 0 spiro atoms. The number of phosphoric acid groups is 1. The van der Waals surface area contributed by atoms with E-state index in [1.165, 1.54) is 76.0 Å². The normalized spacial score (nSPS) is 14.6. The van der Waals surface area contributed by atoms with Gasteiger partial charge < -0.3 is 35.2 Å². The summed E-state index contributed by atoms with van der Waals surface area (Å²) in [5, 5.41) is 19.3. The number of aliphatic carboxylic acids is 1. The molecule has 0 aliphatic heterocycles. The van der Waals surface area contributed by atoms with Gasteiger partial charge in [-0.3, -0.25) is 18.9 Å². The third-order valence-electron chi connectivity index (χ3n) is 8.35. The molecule has 0 heterocycles. The van der Waals surface area contributed by atoms with Crippen molar-refractivity contribution in [2.45, 2.75) is 166 Å². The fraction of sp³-hybridized carbons (Fsp3) is 0.725. The Hall–Kier alpha value is -2.25. The van der Waals surface area contributed by atoms with Crippen LogP contribution in [0, 0.1) is 0 Å². The number of phosphoric ester groups is 1. The van der Waals surface area contributed by atoms with Crippen molar-refractivity contribution in [2.24, 2.45) is 5.73 Å². The monoisotopic (exact) mass is 803 g/mol. The van der Waals surface area contributed by atoms with E-state index in [0.29, 0.717) is 6.42 Å². The van der Waals surface area contributed by atoms with Gasteiger partial charge in [0.05, 0.1) is 12.7 Å². The van der Waals surface area contributed by atoms with Gasteiger partial charge in [0, 0.05) is 23.8 Å². The van der Waals surface area contributed by atoms with Crippen LogP contribution in [-0.2, 0) is 32.9 Å². The highest BCUT2D eigenvalue weighted by Gasteiger charge is 2.27. The minimum atomic E-state index is -4.91. The van der Waals surface area contributed by atoms with Crippen molar-refractivity contribution >= 4 is 37.5 Å². The number of carbonyl (C=O) groups excluding carboxylic acids is 2. The van der Waals surface area contributed by atoms with Crippen LogP contribution in [0.2, 0.25) is 0 Å². The predicted molar refractivity (Wildman–Crippen MR) is 217 cm³/mol. The van der Waals surface area contributed by atoms with Crippen LogP contribution in [0.5, 0.6) is 0 Å². The van der Waals surface area contributed by atoms with Crippen LogP contribution in [0.1, 0.15) is 142 Å². The number of thioether (sulfide) groups is 1. The van der Waals surface area contributed by atoms with Gasteiger partial charge in [-0.15, -0.1) is 11.8 Å². The molecule has 12 nitrogen and oxygen atoms in total. The summed E-state index contributed by atoms with van der Waals surface area (Å²) in [5.74, 6) is -2.39. The first kappa shape index (κ1) is 51.8. The SMILES string of the molecule is CCCCC/C=C\C\C=C/C=C/C=C/[C@@H](SC[C@H](N)C(=O)O[C@H](COC(=O)CCCCCCCCCCCCC)COP(=O)(O)O)[C@@H](O)CCCC(=O)O. The van der Waals surface area contributed by atoms with Gasteiger partial charge in [0.15, 0.2) is 6.10 Å². The molecule has 0 aromatic heterocycles. The first-order valence-electron chi connectivity index (χ1n) is 19.9. The second-order valence-corrected chi connectivity index (χ2v) is 15.9. The summed E-state index contributed by atoms with van der Waals surface area (Å²) < 4.78 is 26.4. The summed E-state index contributed by atoms with van der Waals surface area (Å²) in [6.45, 7) is 3.20. The minimum absolute atomic E-state index is 0.00273. The summed E-state index contributed by atoms with van der Waals surface area (Å²) in [6.07, 6.45) is 31.7. The van der Waals surface area contributed by atoms with Crippen molar-refractivity contribution in [3.63, 3.8) is 0 Å². The van der Waals surface area contributed by atoms with Crippen molar-refractivity contribution in [1.29, 1.82) is 0 Å². The maximum Gasteiger partial charge on any atom is 0.469 e. The van der Waals surface area contributed by atoms with Crippen LogP contribution in [-0.4, -0.2) is 80.4 Å². The maximum absolute atomic E-state index is 12.9. The van der Waals surface area contributed by atoms with Crippen molar-refractivity contribution in [3.8, 4) is 0 Å². The summed E-state index contributed by atoms with van der Waals surface area (Å²) in [4.78, 5) is 54.6. The van der Waals surface area contributed by atoms with Crippen molar-refractivity contribution in [2.75, 3.05) is 19.0 Å². The lowest BCUT2D eigenvalue weighted by Gasteiger charge is -2.23. The quantitative estimate of drug-likeness (QED) is 0.0133. The lowest BCUT2D eigenvalue weighted by Crippen LogP contribution is -2.40. The van der Waals surface area contributed by atoms with Gasteiger partial charge >= 0.3 is 25.7 Å². The number of carboxylic acid groups (broad SMARTS) is 1. The Labute approximate surface area is 328 Å². The Morgan fingerprint density at radius 1 is 0.759 bits per heavy atom. The molecular formula is C40H70NO11PS. The molecule has 0 aliphatic carbocycles. The highest BCUT2D eigenvalue weighted by atomic mass is 32.2. The fourth-order valence-corrected chi connectivity index (χ4v) is 6.69. The topological polar surface area (TPSA) is 203 Å². The second kappa shape index (κ2) is 35.2. The number of nitrogens with two attached hydrogens (primary N) is 1. The summed E-state index contributed by atoms with van der Waals surface area (Å²) >= 11 is 1.18. The van der Waals surface area contributed by atoms with E-state index in [9.17, 15) is 33.8 Å². The van der Waals surface area contributed by atoms with Gasteiger partial charge in [-0.05, 0) is 38.5 Å². The van der Waals surface area contributed by atoms with Gasteiger partial charge in [-0.25, -0.2) is 4.57 Å². The molecule has 0 aromatic carbocycles. The lowest BCUT2D eigenvalue weighted by atomic mass is 10.1. The molecule has 4 atom stereocenters. The molecule has 0 bridgehead atoms. The molecule has 0 saturated carbocycles. The number of allylic oxidation sites excluding steroid dienone is 7. The van der Waals surface area contributed by atoms with Gasteiger partial charge in [0.25, 0.3) is 0 Å². The van der Waals surface area contributed by atoms with Crippen LogP contribution in [0.15, 0.2) is 48.6 Å². The predicted octanol–water partition coefficient (Wildman–Crippen LogP) is 8.49. The average molecular weight is 804 g/mol. The molecule has 0 saturated heterocycles. The second-order valence-electron chi connectivity index (χ2n) is 13.5. The molecule has 312 valence electrons. The third kappa shape index (κ3) is 34.3.